The lowest BCUT2D eigenvalue weighted by atomic mass is 10.1. The quantitative estimate of drug-likeness (QED) is 0.511. The van der Waals surface area contributed by atoms with Gasteiger partial charge in [-0.1, -0.05) is 30.3 Å². The Labute approximate surface area is 155 Å². The first kappa shape index (κ1) is 15.5. The normalized spacial score (nSPS) is 12.5. The zero-order valence-electron chi connectivity index (χ0n) is 14.7. The molecule has 0 aliphatic carbocycles. The third kappa shape index (κ3) is 2.79. The number of nitrogens with zero attached hydrogens (tertiary/aromatic N) is 5. The summed E-state index contributed by atoms with van der Waals surface area (Å²) >= 11 is 0. The van der Waals surface area contributed by atoms with Gasteiger partial charge in [-0.05, 0) is 30.7 Å². The van der Waals surface area contributed by atoms with Gasteiger partial charge in [0.05, 0.1) is 34.4 Å². The summed E-state index contributed by atoms with van der Waals surface area (Å²) in [5, 5.41) is 3.36. The molecule has 0 aliphatic heterocycles. The monoisotopic (exact) mass is 355 g/mol. The highest BCUT2D eigenvalue weighted by atomic mass is 15.2. The number of aromatic amines is 1. The van der Waals surface area contributed by atoms with E-state index in [0.717, 1.165) is 27.9 Å². The van der Waals surface area contributed by atoms with Gasteiger partial charge in [-0.25, -0.2) is 15.0 Å². The third-order valence-corrected chi connectivity index (χ3v) is 4.62. The number of anilines is 1. The second-order valence-corrected chi connectivity index (χ2v) is 6.39. The van der Waals surface area contributed by atoms with E-state index in [4.69, 9.17) is 0 Å². The molecule has 0 bridgehead atoms. The number of rotatable bonds is 4. The molecule has 5 rings (SSSR count). The van der Waals surface area contributed by atoms with Crippen LogP contribution in [0.2, 0.25) is 0 Å². The molecular weight excluding hydrogens is 338 g/mol. The van der Waals surface area contributed by atoms with Gasteiger partial charge in [0.2, 0.25) is 5.95 Å². The van der Waals surface area contributed by atoms with E-state index < -0.39 is 0 Å². The number of hydrogen-bond donors (Lipinski definition) is 2. The van der Waals surface area contributed by atoms with Gasteiger partial charge in [0, 0.05) is 6.20 Å². The van der Waals surface area contributed by atoms with Crippen LogP contribution >= 0.6 is 0 Å². The lowest BCUT2D eigenvalue weighted by Gasteiger charge is -2.14. The maximum atomic E-state index is 4.67. The van der Waals surface area contributed by atoms with Gasteiger partial charge in [-0.15, -0.1) is 0 Å². The van der Waals surface area contributed by atoms with Crippen LogP contribution in [0.5, 0.6) is 0 Å². The largest absolute Gasteiger partial charge is 0.348 e. The van der Waals surface area contributed by atoms with Crippen molar-refractivity contribution in [3.8, 4) is 5.82 Å². The summed E-state index contributed by atoms with van der Waals surface area (Å²) in [5.74, 6) is 1.34. The molecule has 0 spiro atoms. The molecule has 7 heteroatoms. The average Bonchev–Trinajstić information content (AvgIpc) is 3.33. The summed E-state index contributed by atoms with van der Waals surface area (Å²) in [7, 11) is 0. The minimum absolute atomic E-state index is 0.102. The summed E-state index contributed by atoms with van der Waals surface area (Å²) < 4.78 is 1.95. The molecule has 5 aromatic rings. The summed E-state index contributed by atoms with van der Waals surface area (Å²) in [6.45, 7) is 2.09. The first-order valence-corrected chi connectivity index (χ1v) is 8.73. The van der Waals surface area contributed by atoms with Gasteiger partial charge in [0.25, 0.3) is 0 Å². The SMILES string of the molecule is C[C@H](Nc1nccc(-n2cnc3cc4nc[nH]c4cc32)n1)c1ccccc1. The van der Waals surface area contributed by atoms with Crippen LogP contribution in [0.1, 0.15) is 18.5 Å². The molecule has 1 atom stereocenters. The van der Waals surface area contributed by atoms with Crippen molar-refractivity contribution in [2.24, 2.45) is 0 Å². The summed E-state index contributed by atoms with van der Waals surface area (Å²) in [5.41, 5.74) is 4.89. The first-order chi connectivity index (χ1) is 13.3. The van der Waals surface area contributed by atoms with E-state index in [1.165, 1.54) is 5.56 Å². The molecule has 3 aromatic heterocycles. The molecule has 0 saturated carbocycles. The summed E-state index contributed by atoms with van der Waals surface area (Å²) in [6.07, 6.45) is 5.21. The Morgan fingerprint density at radius 3 is 2.78 bits per heavy atom. The van der Waals surface area contributed by atoms with Gasteiger partial charge < -0.3 is 10.3 Å². The van der Waals surface area contributed by atoms with Crippen LogP contribution in [-0.2, 0) is 0 Å². The molecule has 7 nitrogen and oxygen atoms in total. The molecule has 0 unspecified atom stereocenters. The van der Waals surface area contributed by atoms with E-state index in [1.807, 2.05) is 41.0 Å². The number of H-pyrrole nitrogens is 1. The second kappa shape index (κ2) is 6.21. The molecule has 0 saturated heterocycles. The Bertz CT molecular complexity index is 1220. The van der Waals surface area contributed by atoms with E-state index in [9.17, 15) is 0 Å². The van der Waals surface area contributed by atoms with Crippen molar-refractivity contribution in [1.29, 1.82) is 0 Å². The lowest BCUT2D eigenvalue weighted by Crippen LogP contribution is -2.10. The van der Waals surface area contributed by atoms with Crippen molar-refractivity contribution in [2.45, 2.75) is 13.0 Å². The van der Waals surface area contributed by atoms with Gasteiger partial charge in [0.1, 0.15) is 12.1 Å². The summed E-state index contributed by atoms with van der Waals surface area (Å²) in [6, 6.07) is 16.2. The van der Waals surface area contributed by atoms with Crippen LogP contribution in [-0.4, -0.2) is 29.5 Å². The highest BCUT2D eigenvalue weighted by Crippen LogP contribution is 2.23. The van der Waals surface area contributed by atoms with Crippen molar-refractivity contribution in [3.05, 3.63) is 72.9 Å². The molecule has 0 aliphatic rings. The van der Waals surface area contributed by atoms with Crippen molar-refractivity contribution < 1.29 is 0 Å². The molecule has 2 aromatic carbocycles. The van der Waals surface area contributed by atoms with Crippen LogP contribution in [0.25, 0.3) is 27.9 Å². The lowest BCUT2D eigenvalue weighted by molar-refractivity contribution is 0.854. The predicted octanol–water partition coefficient (Wildman–Crippen LogP) is 3.86. The van der Waals surface area contributed by atoms with Crippen LogP contribution in [0.15, 0.2) is 67.4 Å². The maximum Gasteiger partial charge on any atom is 0.225 e. The number of benzene rings is 2. The topological polar surface area (TPSA) is 84.3 Å². The van der Waals surface area contributed by atoms with Crippen molar-refractivity contribution in [3.63, 3.8) is 0 Å². The van der Waals surface area contributed by atoms with Crippen molar-refractivity contribution in [2.75, 3.05) is 5.32 Å². The smallest absolute Gasteiger partial charge is 0.225 e. The fourth-order valence-electron chi connectivity index (χ4n) is 3.19. The number of aromatic nitrogens is 6. The zero-order chi connectivity index (χ0) is 18.2. The Balaban J connectivity index is 1.51. The van der Waals surface area contributed by atoms with Crippen molar-refractivity contribution >= 4 is 28.0 Å². The van der Waals surface area contributed by atoms with E-state index >= 15 is 0 Å². The number of hydrogen-bond acceptors (Lipinski definition) is 5. The average molecular weight is 355 g/mol. The number of fused-ring (bicyclic) bond motifs is 2. The molecular formula is C20H17N7. The molecule has 132 valence electrons. The van der Waals surface area contributed by atoms with Crippen molar-refractivity contribution in [1.82, 2.24) is 29.5 Å². The van der Waals surface area contributed by atoms with Crippen LogP contribution < -0.4 is 5.32 Å². The van der Waals surface area contributed by atoms with Gasteiger partial charge >= 0.3 is 0 Å². The van der Waals surface area contributed by atoms with Gasteiger partial charge in [0.15, 0.2) is 0 Å². The summed E-state index contributed by atoms with van der Waals surface area (Å²) in [4.78, 5) is 21.0. The maximum absolute atomic E-state index is 4.67. The van der Waals surface area contributed by atoms with Crippen LogP contribution in [0.4, 0.5) is 5.95 Å². The molecule has 0 fully saturated rings. The Morgan fingerprint density at radius 1 is 1.00 bits per heavy atom. The van der Waals surface area contributed by atoms with E-state index in [1.54, 1.807) is 18.9 Å². The highest BCUT2D eigenvalue weighted by Gasteiger charge is 2.11. The van der Waals surface area contributed by atoms with Crippen LogP contribution in [0.3, 0.4) is 0 Å². The predicted molar refractivity (Wildman–Crippen MR) is 105 cm³/mol. The Kier molecular flexibility index (Phi) is 3.57. The second-order valence-electron chi connectivity index (χ2n) is 6.39. The molecule has 3 heterocycles. The molecule has 27 heavy (non-hydrogen) atoms. The van der Waals surface area contributed by atoms with E-state index in [0.29, 0.717) is 5.95 Å². The molecule has 0 amide bonds. The fourth-order valence-corrected chi connectivity index (χ4v) is 3.19. The number of nitrogens with one attached hydrogen (secondary N) is 2. The third-order valence-electron chi connectivity index (χ3n) is 4.62. The van der Waals surface area contributed by atoms with Gasteiger partial charge in [-0.3, -0.25) is 4.57 Å². The minimum atomic E-state index is 0.102. The zero-order valence-corrected chi connectivity index (χ0v) is 14.7. The molecule has 2 N–H and O–H groups in total. The Hall–Kier alpha value is -3.74. The standard InChI is InChI=1S/C20H17N7/c1-13(14-5-3-2-4-6-14)25-20-21-8-7-19(26-20)27-12-24-17-9-15-16(10-18(17)27)23-11-22-15/h2-13H,1H3,(H,22,23)(H,21,25,26)/t13-/m0/s1. The van der Waals surface area contributed by atoms with Gasteiger partial charge in [-0.2, -0.15) is 4.98 Å². The van der Waals surface area contributed by atoms with Crippen LogP contribution in [0, 0.1) is 0 Å². The fraction of sp³-hybridized carbons (Fsp3) is 0.100. The van der Waals surface area contributed by atoms with E-state index in [-0.39, 0.29) is 6.04 Å². The first-order valence-electron chi connectivity index (χ1n) is 8.73. The number of imidazole rings is 2. The minimum Gasteiger partial charge on any atom is -0.348 e. The van der Waals surface area contributed by atoms with E-state index in [2.05, 4.69) is 49.3 Å². The molecule has 0 radical (unpaired) electrons. The Morgan fingerprint density at radius 2 is 1.89 bits per heavy atom. The highest BCUT2D eigenvalue weighted by molar-refractivity contribution is 5.91.